The van der Waals surface area contributed by atoms with E-state index in [2.05, 4.69) is 5.32 Å². The first-order chi connectivity index (χ1) is 8.13. The monoisotopic (exact) mass is 235 g/mol. The molecule has 90 valence electrons. The molecule has 0 saturated carbocycles. The second-order valence-electron chi connectivity index (χ2n) is 3.17. The lowest BCUT2D eigenvalue weighted by Gasteiger charge is -1.97. The Morgan fingerprint density at radius 1 is 1.41 bits per heavy atom. The van der Waals surface area contributed by atoms with Crippen molar-refractivity contribution in [3.05, 3.63) is 48.0 Å². The van der Waals surface area contributed by atoms with Gasteiger partial charge in [0.1, 0.15) is 5.76 Å². The Balaban J connectivity index is 2.44. The first-order valence-corrected chi connectivity index (χ1v) is 5.02. The summed E-state index contributed by atoms with van der Waals surface area (Å²) in [6.45, 7) is 2.00. The molecule has 0 aliphatic carbocycles. The first-order valence-electron chi connectivity index (χ1n) is 5.02. The Kier molecular flexibility index (Phi) is 4.75. The van der Waals surface area contributed by atoms with Gasteiger partial charge in [-0.3, -0.25) is 4.79 Å². The molecular formula is C12H13NO4. The van der Waals surface area contributed by atoms with Crippen LogP contribution in [-0.4, -0.2) is 17.0 Å². The number of hydrogen-bond donors (Lipinski definition) is 2. The van der Waals surface area contributed by atoms with Gasteiger partial charge in [-0.2, -0.15) is 0 Å². The Labute approximate surface area is 98.4 Å². The van der Waals surface area contributed by atoms with E-state index < -0.39 is 5.97 Å². The molecule has 2 N–H and O–H groups in total. The van der Waals surface area contributed by atoms with Crippen LogP contribution < -0.4 is 5.32 Å². The van der Waals surface area contributed by atoms with Crippen LogP contribution >= 0.6 is 0 Å². The van der Waals surface area contributed by atoms with E-state index in [0.717, 1.165) is 0 Å². The van der Waals surface area contributed by atoms with Gasteiger partial charge in [-0.15, -0.1) is 0 Å². The molecule has 17 heavy (non-hydrogen) atoms. The van der Waals surface area contributed by atoms with Crippen molar-refractivity contribution in [2.45, 2.75) is 13.5 Å². The summed E-state index contributed by atoms with van der Waals surface area (Å²) in [5, 5.41) is 11.2. The number of carbonyl (C=O) groups is 2. The molecule has 0 atom stereocenters. The van der Waals surface area contributed by atoms with Crippen LogP contribution in [0.15, 0.2) is 40.9 Å². The fraction of sp³-hybridized carbons (Fsp3) is 0.167. The van der Waals surface area contributed by atoms with E-state index in [0.29, 0.717) is 5.76 Å². The van der Waals surface area contributed by atoms with Crippen molar-refractivity contribution in [3.63, 3.8) is 0 Å². The summed E-state index contributed by atoms with van der Waals surface area (Å²) in [5.41, 5.74) is 0. The lowest BCUT2D eigenvalue weighted by Crippen LogP contribution is -2.19. The quantitative estimate of drug-likeness (QED) is 0.601. The molecule has 1 rings (SSSR count). The summed E-state index contributed by atoms with van der Waals surface area (Å²) in [7, 11) is 0. The summed E-state index contributed by atoms with van der Waals surface area (Å²) >= 11 is 0. The minimum atomic E-state index is -1.13. The van der Waals surface area contributed by atoms with Crippen molar-refractivity contribution in [3.8, 4) is 0 Å². The average Bonchev–Trinajstić information content (AvgIpc) is 2.75. The number of carboxylic acid groups (broad SMARTS) is 1. The fourth-order valence-electron chi connectivity index (χ4n) is 1.08. The maximum absolute atomic E-state index is 11.2. The lowest BCUT2D eigenvalue weighted by molar-refractivity contribution is -0.116. The van der Waals surface area contributed by atoms with Gasteiger partial charge in [-0.1, -0.05) is 18.2 Å². The van der Waals surface area contributed by atoms with Gasteiger partial charge in [0.05, 0.1) is 6.54 Å². The number of carbonyl (C=O) groups excluding carboxylic acids is 1. The van der Waals surface area contributed by atoms with Crippen LogP contribution in [0.3, 0.4) is 0 Å². The maximum atomic E-state index is 11.2. The predicted octanol–water partition coefficient (Wildman–Crippen LogP) is 1.73. The molecule has 1 aromatic rings. The standard InChI is InChI=1S/C12H13NO4/c1-2-3-4-5-11(14)13-8-9-6-7-10(17-9)12(15)16/h2-7H,8H2,1H3,(H,13,14)(H,15,16)/b3-2+,5-4-. The summed E-state index contributed by atoms with van der Waals surface area (Å²) in [6, 6.07) is 2.86. The van der Waals surface area contributed by atoms with E-state index in [1.165, 1.54) is 18.2 Å². The molecule has 1 heterocycles. The number of hydrogen-bond acceptors (Lipinski definition) is 3. The van der Waals surface area contributed by atoms with Crippen LogP contribution in [0.1, 0.15) is 23.2 Å². The lowest BCUT2D eigenvalue weighted by atomic mass is 10.4. The Bertz CT molecular complexity index is 457. The van der Waals surface area contributed by atoms with Gasteiger partial charge in [-0.25, -0.2) is 4.79 Å². The van der Waals surface area contributed by atoms with Gasteiger partial charge in [0, 0.05) is 6.08 Å². The van der Waals surface area contributed by atoms with Gasteiger partial charge >= 0.3 is 5.97 Å². The SMILES string of the molecule is C/C=C/C=C\C(=O)NCc1ccc(C(=O)O)o1. The Morgan fingerprint density at radius 3 is 2.76 bits per heavy atom. The number of rotatable bonds is 5. The van der Waals surface area contributed by atoms with Gasteiger partial charge in [-0.05, 0) is 19.1 Å². The molecule has 1 aromatic heterocycles. The number of amides is 1. The van der Waals surface area contributed by atoms with Crippen LogP contribution in [0.5, 0.6) is 0 Å². The number of aromatic carboxylic acids is 1. The van der Waals surface area contributed by atoms with Gasteiger partial charge in [0.15, 0.2) is 0 Å². The third-order valence-electron chi connectivity index (χ3n) is 1.86. The summed E-state index contributed by atoms with van der Waals surface area (Å²) in [5.74, 6) is -1.14. The second-order valence-corrected chi connectivity index (χ2v) is 3.17. The van der Waals surface area contributed by atoms with Crippen molar-refractivity contribution in [1.29, 1.82) is 0 Å². The molecule has 0 aromatic carbocycles. The van der Waals surface area contributed by atoms with Crippen LogP contribution in [0.25, 0.3) is 0 Å². The van der Waals surface area contributed by atoms with Crippen LogP contribution in [0.4, 0.5) is 0 Å². The highest BCUT2D eigenvalue weighted by Crippen LogP contribution is 2.07. The highest BCUT2D eigenvalue weighted by molar-refractivity contribution is 5.87. The number of carboxylic acids is 1. The molecule has 0 unspecified atom stereocenters. The van der Waals surface area contributed by atoms with Crippen LogP contribution in [0, 0.1) is 0 Å². The molecule has 0 bridgehead atoms. The normalized spacial score (nSPS) is 11.1. The van der Waals surface area contributed by atoms with Gasteiger partial charge in [0.2, 0.25) is 11.7 Å². The fourth-order valence-corrected chi connectivity index (χ4v) is 1.08. The van der Waals surface area contributed by atoms with Crippen molar-refractivity contribution in [1.82, 2.24) is 5.32 Å². The van der Waals surface area contributed by atoms with Gasteiger partial charge in [0.25, 0.3) is 0 Å². The molecule has 0 aliphatic heterocycles. The van der Waals surface area contributed by atoms with E-state index in [4.69, 9.17) is 9.52 Å². The molecule has 0 radical (unpaired) electrons. The zero-order valence-corrected chi connectivity index (χ0v) is 9.34. The highest BCUT2D eigenvalue weighted by atomic mass is 16.4. The smallest absolute Gasteiger partial charge is 0.371 e. The molecule has 0 fully saturated rings. The number of furan rings is 1. The predicted molar refractivity (Wildman–Crippen MR) is 61.5 cm³/mol. The van der Waals surface area contributed by atoms with E-state index in [9.17, 15) is 9.59 Å². The Morgan fingerprint density at radius 2 is 2.18 bits per heavy atom. The maximum Gasteiger partial charge on any atom is 0.371 e. The number of allylic oxidation sites excluding steroid dienone is 3. The molecule has 5 heteroatoms. The van der Waals surface area contributed by atoms with E-state index >= 15 is 0 Å². The Hall–Kier alpha value is -2.30. The summed E-state index contributed by atoms with van der Waals surface area (Å²) < 4.78 is 4.97. The minimum absolute atomic E-state index is 0.140. The molecular weight excluding hydrogens is 222 g/mol. The third-order valence-corrected chi connectivity index (χ3v) is 1.86. The zero-order chi connectivity index (χ0) is 12.7. The second kappa shape index (κ2) is 6.32. The van der Waals surface area contributed by atoms with Crippen molar-refractivity contribution >= 4 is 11.9 Å². The first kappa shape index (κ1) is 12.8. The minimum Gasteiger partial charge on any atom is -0.475 e. The van der Waals surface area contributed by atoms with Gasteiger partial charge < -0.3 is 14.8 Å². The van der Waals surface area contributed by atoms with Crippen molar-refractivity contribution < 1.29 is 19.1 Å². The molecule has 0 aliphatic rings. The van der Waals surface area contributed by atoms with Crippen LogP contribution in [-0.2, 0) is 11.3 Å². The zero-order valence-electron chi connectivity index (χ0n) is 9.34. The highest BCUT2D eigenvalue weighted by Gasteiger charge is 2.08. The third kappa shape index (κ3) is 4.38. The molecule has 5 nitrogen and oxygen atoms in total. The topological polar surface area (TPSA) is 79.5 Å². The van der Waals surface area contributed by atoms with Crippen molar-refractivity contribution in [2.24, 2.45) is 0 Å². The molecule has 1 amide bonds. The van der Waals surface area contributed by atoms with E-state index in [1.807, 2.05) is 6.92 Å². The number of nitrogens with one attached hydrogen (secondary N) is 1. The summed E-state index contributed by atoms with van der Waals surface area (Å²) in [4.78, 5) is 21.8. The largest absolute Gasteiger partial charge is 0.475 e. The summed E-state index contributed by atoms with van der Waals surface area (Å²) in [6.07, 6.45) is 6.52. The van der Waals surface area contributed by atoms with Crippen molar-refractivity contribution in [2.75, 3.05) is 0 Å². The van der Waals surface area contributed by atoms with E-state index in [-0.39, 0.29) is 18.2 Å². The molecule has 0 saturated heterocycles. The molecule has 0 spiro atoms. The average molecular weight is 235 g/mol. The van der Waals surface area contributed by atoms with Crippen LogP contribution in [0.2, 0.25) is 0 Å². The van der Waals surface area contributed by atoms with E-state index in [1.54, 1.807) is 18.2 Å².